The normalized spacial score (nSPS) is 10.6. The number of benzene rings is 2. The Balaban J connectivity index is 1.57. The molecule has 0 bridgehead atoms. The van der Waals surface area contributed by atoms with Crippen molar-refractivity contribution in [2.24, 2.45) is 0 Å². The molecule has 29 heavy (non-hydrogen) atoms. The number of para-hydroxylation sites is 2. The van der Waals surface area contributed by atoms with Gasteiger partial charge in [-0.05, 0) is 37.3 Å². The van der Waals surface area contributed by atoms with Crippen LogP contribution in [0, 0.1) is 0 Å². The number of hydrogen-bond acceptors (Lipinski definition) is 6. The third kappa shape index (κ3) is 4.65. The number of hydrogen-bond donors (Lipinski definition) is 2. The van der Waals surface area contributed by atoms with Crippen molar-refractivity contribution in [3.05, 3.63) is 54.6 Å². The van der Waals surface area contributed by atoms with Crippen LogP contribution in [0.4, 0.5) is 0 Å². The number of carbonyl (C=O) groups is 1. The topological polar surface area (TPSA) is 77.4 Å². The fraction of sp³-hybridized carbons (Fsp3) is 0.238. The first-order valence-corrected chi connectivity index (χ1v) is 10.1. The summed E-state index contributed by atoms with van der Waals surface area (Å²) >= 11 is 1.40. The van der Waals surface area contributed by atoms with Crippen molar-refractivity contribution in [3.8, 4) is 11.5 Å². The molecule has 3 rings (SSSR count). The Hall–Kier alpha value is -3.13. The summed E-state index contributed by atoms with van der Waals surface area (Å²) in [6.07, 6.45) is 0. The van der Waals surface area contributed by atoms with Crippen molar-refractivity contribution < 1.29 is 14.3 Å². The van der Waals surface area contributed by atoms with Crippen molar-refractivity contribution in [2.75, 3.05) is 20.0 Å². The fourth-order valence-electron chi connectivity index (χ4n) is 2.88. The first-order valence-electron chi connectivity index (χ1n) is 9.11. The van der Waals surface area contributed by atoms with E-state index in [2.05, 4.69) is 33.9 Å². The van der Waals surface area contributed by atoms with Gasteiger partial charge in [0.2, 0.25) is 5.91 Å². The third-order valence-corrected chi connectivity index (χ3v) is 5.33. The van der Waals surface area contributed by atoms with Gasteiger partial charge >= 0.3 is 0 Å². The van der Waals surface area contributed by atoms with Gasteiger partial charge in [-0.1, -0.05) is 30.5 Å². The van der Waals surface area contributed by atoms with E-state index in [-0.39, 0.29) is 11.7 Å². The molecule has 152 valence electrons. The number of aromatic nitrogens is 2. The van der Waals surface area contributed by atoms with Crippen LogP contribution < -0.4 is 20.3 Å². The number of amides is 1. The highest BCUT2D eigenvalue weighted by Gasteiger charge is 2.12. The molecule has 2 N–H and O–H groups in total. The molecule has 1 aromatic heterocycles. The highest BCUT2D eigenvalue weighted by molar-refractivity contribution is 7.99. The van der Waals surface area contributed by atoms with Crippen LogP contribution in [0.15, 0.2) is 54.2 Å². The molecule has 0 aliphatic heterocycles. The zero-order valence-corrected chi connectivity index (χ0v) is 17.5. The van der Waals surface area contributed by atoms with Crippen LogP contribution in [0.25, 0.3) is 16.7 Å². The molecule has 0 aliphatic carbocycles. The van der Waals surface area contributed by atoms with Crippen LogP contribution in [-0.4, -0.2) is 35.4 Å². The Kier molecular flexibility index (Phi) is 6.66. The molecule has 1 amide bonds. The number of carbonyl (C=O) groups excluding carboxylic acids is 1. The summed E-state index contributed by atoms with van der Waals surface area (Å²) in [5, 5.41) is 0.822. The third-order valence-electron chi connectivity index (χ3n) is 4.35. The predicted molar refractivity (Wildman–Crippen MR) is 116 cm³/mol. The minimum absolute atomic E-state index is 0.175. The minimum atomic E-state index is -0.175. The zero-order valence-electron chi connectivity index (χ0n) is 16.7. The monoisotopic (exact) mass is 412 g/mol. The summed E-state index contributed by atoms with van der Waals surface area (Å²) in [5.74, 6) is 1.28. The molecule has 8 heteroatoms. The smallest absolute Gasteiger partial charge is 0.248 e. The molecule has 0 unspecified atom stereocenters. The second-order valence-corrected chi connectivity index (χ2v) is 7.08. The number of aryl methyl sites for hydroxylation is 1. The maximum Gasteiger partial charge on any atom is 0.248 e. The van der Waals surface area contributed by atoms with Crippen LogP contribution in [0.3, 0.4) is 0 Å². The van der Waals surface area contributed by atoms with Gasteiger partial charge in [0.05, 0.1) is 36.7 Å². The number of nitrogens with zero attached hydrogens (tertiary/aromatic N) is 2. The Labute approximate surface area is 174 Å². The van der Waals surface area contributed by atoms with E-state index in [1.165, 1.54) is 11.8 Å². The first kappa shape index (κ1) is 20.6. The molecular formula is C21H24N4O3S. The van der Waals surface area contributed by atoms with Gasteiger partial charge in [-0.3, -0.25) is 15.6 Å². The van der Waals surface area contributed by atoms with E-state index in [0.29, 0.717) is 17.2 Å². The molecule has 1 heterocycles. The molecule has 0 fully saturated rings. The highest BCUT2D eigenvalue weighted by Crippen LogP contribution is 2.29. The van der Waals surface area contributed by atoms with Crippen molar-refractivity contribution >= 4 is 34.4 Å². The molecule has 0 saturated heterocycles. The lowest BCUT2D eigenvalue weighted by Gasteiger charge is -2.13. The molecular weight excluding hydrogens is 388 g/mol. The average Bonchev–Trinajstić information content (AvgIpc) is 3.12. The van der Waals surface area contributed by atoms with Gasteiger partial charge in [0, 0.05) is 12.1 Å². The van der Waals surface area contributed by atoms with E-state index in [0.717, 1.165) is 28.3 Å². The highest BCUT2D eigenvalue weighted by atomic mass is 32.2. The Morgan fingerprint density at radius 1 is 1.14 bits per heavy atom. The summed E-state index contributed by atoms with van der Waals surface area (Å²) in [7, 11) is 3.15. The van der Waals surface area contributed by atoms with Gasteiger partial charge in [0.1, 0.15) is 0 Å². The maximum atomic E-state index is 12.3. The maximum absolute atomic E-state index is 12.3. The van der Waals surface area contributed by atoms with Gasteiger partial charge in [-0.25, -0.2) is 4.98 Å². The Morgan fingerprint density at radius 3 is 2.62 bits per heavy atom. The number of ether oxygens (including phenoxy) is 2. The van der Waals surface area contributed by atoms with E-state index >= 15 is 0 Å². The first-order chi connectivity index (χ1) is 14.1. The molecule has 0 saturated carbocycles. The van der Waals surface area contributed by atoms with E-state index in [1.807, 2.05) is 30.3 Å². The van der Waals surface area contributed by atoms with E-state index in [1.54, 1.807) is 26.4 Å². The molecule has 0 spiro atoms. The summed E-state index contributed by atoms with van der Waals surface area (Å²) in [4.78, 5) is 16.9. The Bertz CT molecular complexity index is 1030. The number of thioether (sulfide) groups is 1. The van der Waals surface area contributed by atoms with Crippen molar-refractivity contribution in [2.45, 2.75) is 18.6 Å². The largest absolute Gasteiger partial charge is 0.493 e. The fourth-order valence-corrected chi connectivity index (χ4v) is 3.76. The summed E-state index contributed by atoms with van der Waals surface area (Å²) in [5.41, 5.74) is 8.84. The lowest BCUT2D eigenvalue weighted by molar-refractivity contribution is -0.119. The van der Waals surface area contributed by atoms with Crippen molar-refractivity contribution in [3.63, 3.8) is 0 Å². The van der Waals surface area contributed by atoms with Crippen LogP contribution in [0.2, 0.25) is 0 Å². The number of rotatable bonds is 9. The molecule has 3 aromatic rings. The zero-order chi connectivity index (χ0) is 20.8. The van der Waals surface area contributed by atoms with Gasteiger partial charge in [0.25, 0.3) is 0 Å². The summed E-state index contributed by atoms with van der Waals surface area (Å²) in [6.45, 7) is 6.81. The lowest BCUT2D eigenvalue weighted by atomic mass is 10.1. The number of fused-ring (bicyclic) bond motifs is 1. The molecule has 0 aliphatic rings. The van der Waals surface area contributed by atoms with Gasteiger partial charge in [0.15, 0.2) is 16.7 Å². The van der Waals surface area contributed by atoms with E-state index in [4.69, 9.17) is 9.47 Å². The second kappa shape index (κ2) is 9.38. The molecule has 0 radical (unpaired) electrons. The summed E-state index contributed by atoms with van der Waals surface area (Å²) in [6, 6.07) is 13.4. The number of hydrazine groups is 1. The van der Waals surface area contributed by atoms with Gasteiger partial charge < -0.3 is 14.0 Å². The number of imidazole rings is 1. The number of methoxy groups -OCH3 is 2. The van der Waals surface area contributed by atoms with Crippen LogP contribution in [0.5, 0.6) is 11.5 Å². The SMILES string of the molecule is C=C(NNC(=O)CSc1nc2ccccc2n1CC)c1ccc(OC)c(OC)c1. The van der Waals surface area contributed by atoms with Crippen molar-refractivity contribution in [1.82, 2.24) is 20.4 Å². The quantitative estimate of drug-likeness (QED) is 0.414. The summed E-state index contributed by atoms with van der Waals surface area (Å²) < 4.78 is 12.6. The molecule has 2 aromatic carbocycles. The van der Waals surface area contributed by atoms with Crippen LogP contribution in [-0.2, 0) is 11.3 Å². The van der Waals surface area contributed by atoms with Crippen LogP contribution in [0.1, 0.15) is 12.5 Å². The van der Waals surface area contributed by atoms with Gasteiger partial charge in [-0.2, -0.15) is 0 Å². The standard InChI is InChI=1S/C21H24N4O3S/c1-5-25-17-9-7-6-8-16(17)22-21(25)29-13-20(26)24-23-14(2)15-10-11-18(27-3)19(12-15)28-4/h6-12,23H,2,5,13H2,1,3-4H3,(H,24,26). The van der Waals surface area contributed by atoms with Crippen molar-refractivity contribution in [1.29, 1.82) is 0 Å². The average molecular weight is 413 g/mol. The minimum Gasteiger partial charge on any atom is -0.493 e. The predicted octanol–water partition coefficient (Wildman–Crippen LogP) is 3.46. The van der Waals surface area contributed by atoms with Gasteiger partial charge in [-0.15, -0.1) is 0 Å². The molecule has 7 nitrogen and oxygen atoms in total. The lowest BCUT2D eigenvalue weighted by Crippen LogP contribution is -2.37. The number of nitrogens with one attached hydrogen (secondary N) is 2. The Morgan fingerprint density at radius 2 is 1.90 bits per heavy atom. The molecule has 0 atom stereocenters. The van der Waals surface area contributed by atoms with E-state index < -0.39 is 0 Å². The van der Waals surface area contributed by atoms with Crippen LogP contribution >= 0.6 is 11.8 Å². The van der Waals surface area contributed by atoms with E-state index in [9.17, 15) is 4.79 Å². The second-order valence-electron chi connectivity index (χ2n) is 6.14.